The third-order valence-electron chi connectivity index (χ3n) is 2.55. The summed E-state index contributed by atoms with van der Waals surface area (Å²) in [4.78, 5) is 0. The van der Waals surface area contributed by atoms with Gasteiger partial charge in [-0.2, -0.15) is 5.26 Å². The molecule has 1 aromatic carbocycles. The van der Waals surface area contributed by atoms with Crippen LogP contribution in [0.5, 0.6) is 0 Å². The van der Waals surface area contributed by atoms with E-state index in [0.29, 0.717) is 5.92 Å². The maximum absolute atomic E-state index is 9.03. The normalized spacial score (nSPS) is 12.5. The zero-order chi connectivity index (χ0) is 10.6. The molecule has 1 aromatic rings. The molecule has 1 heteroatoms. The van der Waals surface area contributed by atoms with Gasteiger partial charge in [0.15, 0.2) is 0 Å². The van der Waals surface area contributed by atoms with E-state index in [9.17, 15) is 0 Å². The van der Waals surface area contributed by atoms with Crippen molar-refractivity contribution in [3.05, 3.63) is 35.4 Å². The van der Waals surface area contributed by atoms with Crippen LogP contribution in [-0.4, -0.2) is 0 Å². The third-order valence-corrected chi connectivity index (χ3v) is 2.55. The van der Waals surface area contributed by atoms with Crippen LogP contribution >= 0.6 is 0 Å². The molecule has 0 amide bonds. The monoisotopic (exact) mass is 187 g/mol. The fraction of sp³-hybridized carbons (Fsp3) is 0.462. The van der Waals surface area contributed by atoms with Crippen LogP contribution in [-0.2, 0) is 6.42 Å². The zero-order valence-electron chi connectivity index (χ0n) is 9.12. The van der Waals surface area contributed by atoms with Gasteiger partial charge in [-0.3, -0.25) is 0 Å². The molecule has 0 bridgehead atoms. The molecule has 0 aliphatic rings. The van der Waals surface area contributed by atoms with Gasteiger partial charge in [-0.05, 0) is 23.5 Å². The van der Waals surface area contributed by atoms with E-state index in [1.54, 1.807) is 0 Å². The maximum Gasteiger partial charge on any atom is 0.0735 e. The summed E-state index contributed by atoms with van der Waals surface area (Å²) in [5.74, 6) is 0.411. The Morgan fingerprint density at radius 3 is 2.14 bits per heavy atom. The standard InChI is InChI=1S/C13H17N/c1-4-11-5-7-12(8-6-11)13(9-14)10(2)3/h5-8,10,13H,4H2,1-3H3. The molecule has 0 aromatic heterocycles. The molecule has 0 aliphatic carbocycles. The topological polar surface area (TPSA) is 23.8 Å². The van der Waals surface area contributed by atoms with E-state index in [0.717, 1.165) is 12.0 Å². The van der Waals surface area contributed by atoms with Gasteiger partial charge in [-0.25, -0.2) is 0 Å². The minimum Gasteiger partial charge on any atom is -0.198 e. The highest BCUT2D eigenvalue weighted by Gasteiger charge is 2.14. The molecule has 1 nitrogen and oxygen atoms in total. The van der Waals surface area contributed by atoms with E-state index in [1.165, 1.54) is 5.56 Å². The van der Waals surface area contributed by atoms with E-state index in [1.807, 2.05) is 0 Å². The molecule has 0 saturated heterocycles. The summed E-state index contributed by atoms with van der Waals surface area (Å²) in [5, 5.41) is 9.03. The van der Waals surface area contributed by atoms with E-state index >= 15 is 0 Å². The van der Waals surface area contributed by atoms with Crippen molar-refractivity contribution < 1.29 is 0 Å². The van der Waals surface area contributed by atoms with Gasteiger partial charge in [-0.1, -0.05) is 45.0 Å². The molecule has 1 unspecified atom stereocenters. The Labute approximate surface area is 86.4 Å². The molecule has 0 N–H and O–H groups in total. The Morgan fingerprint density at radius 1 is 1.21 bits per heavy atom. The molecule has 1 rings (SSSR count). The minimum atomic E-state index is 0.0286. The average molecular weight is 187 g/mol. The van der Waals surface area contributed by atoms with Gasteiger partial charge in [0.2, 0.25) is 0 Å². The zero-order valence-corrected chi connectivity index (χ0v) is 9.12. The van der Waals surface area contributed by atoms with E-state index in [-0.39, 0.29) is 5.92 Å². The van der Waals surface area contributed by atoms with Crippen molar-refractivity contribution in [1.82, 2.24) is 0 Å². The summed E-state index contributed by atoms with van der Waals surface area (Å²) < 4.78 is 0. The number of hydrogen-bond acceptors (Lipinski definition) is 1. The highest BCUT2D eigenvalue weighted by Crippen LogP contribution is 2.23. The van der Waals surface area contributed by atoms with Crippen LogP contribution in [0.4, 0.5) is 0 Å². The first-order chi connectivity index (χ1) is 6.69. The van der Waals surface area contributed by atoms with Gasteiger partial charge >= 0.3 is 0 Å². The first-order valence-corrected chi connectivity index (χ1v) is 5.17. The summed E-state index contributed by atoms with van der Waals surface area (Å²) in [7, 11) is 0. The summed E-state index contributed by atoms with van der Waals surface area (Å²) in [5.41, 5.74) is 2.47. The summed E-state index contributed by atoms with van der Waals surface area (Å²) in [6.07, 6.45) is 1.05. The van der Waals surface area contributed by atoms with Crippen molar-refractivity contribution >= 4 is 0 Å². The molecule has 74 valence electrons. The van der Waals surface area contributed by atoms with Crippen LogP contribution < -0.4 is 0 Å². The average Bonchev–Trinajstić information content (AvgIpc) is 2.19. The summed E-state index contributed by atoms with van der Waals surface area (Å²) in [6.45, 7) is 6.31. The Kier molecular flexibility index (Phi) is 3.71. The van der Waals surface area contributed by atoms with Crippen molar-refractivity contribution in [3.63, 3.8) is 0 Å². The quantitative estimate of drug-likeness (QED) is 0.710. The van der Waals surface area contributed by atoms with E-state index in [4.69, 9.17) is 5.26 Å². The van der Waals surface area contributed by atoms with Gasteiger partial charge in [-0.15, -0.1) is 0 Å². The van der Waals surface area contributed by atoms with Crippen molar-refractivity contribution in [1.29, 1.82) is 5.26 Å². The molecule has 0 radical (unpaired) electrons. The van der Waals surface area contributed by atoms with Gasteiger partial charge < -0.3 is 0 Å². The smallest absolute Gasteiger partial charge is 0.0735 e. The largest absolute Gasteiger partial charge is 0.198 e. The van der Waals surface area contributed by atoms with Crippen LogP contribution in [0.2, 0.25) is 0 Å². The number of benzene rings is 1. The first kappa shape index (κ1) is 10.8. The van der Waals surface area contributed by atoms with Crippen LogP contribution in [0.1, 0.15) is 37.8 Å². The minimum absolute atomic E-state index is 0.0286. The molecular formula is C13H17N. The van der Waals surface area contributed by atoms with Gasteiger partial charge in [0.05, 0.1) is 12.0 Å². The van der Waals surface area contributed by atoms with Crippen molar-refractivity contribution in [2.75, 3.05) is 0 Å². The number of nitrogens with zero attached hydrogens (tertiary/aromatic N) is 1. The van der Waals surface area contributed by atoms with Crippen LogP contribution in [0.15, 0.2) is 24.3 Å². The Hall–Kier alpha value is -1.29. The third kappa shape index (κ3) is 2.35. The van der Waals surface area contributed by atoms with Crippen LogP contribution in [0.25, 0.3) is 0 Å². The second-order valence-corrected chi connectivity index (χ2v) is 3.95. The first-order valence-electron chi connectivity index (χ1n) is 5.17. The number of aryl methyl sites for hydroxylation is 1. The van der Waals surface area contributed by atoms with Crippen LogP contribution in [0, 0.1) is 17.2 Å². The predicted octanol–water partition coefficient (Wildman–Crippen LogP) is 3.51. The number of hydrogen-bond donors (Lipinski definition) is 0. The second-order valence-electron chi connectivity index (χ2n) is 3.95. The van der Waals surface area contributed by atoms with Crippen molar-refractivity contribution in [2.45, 2.75) is 33.1 Å². The molecule has 0 spiro atoms. The highest BCUT2D eigenvalue weighted by molar-refractivity contribution is 5.29. The van der Waals surface area contributed by atoms with E-state index < -0.39 is 0 Å². The van der Waals surface area contributed by atoms with Gasteiger partial charge in [0.1, 0.15) is 0 Å². The molecule has 1 atom stereocenters. The lowest BCUT2D eigenvalue weighted by atomic mass is 9.89. The molecule has 0 saturated carbocycles. The molecule has 0 aliphatic heterocycles. The predicted molar refractivity (Wildman–Crippen MR) is 59.0 cm³/mol. The Balaban J connectivity index is 2.91. The van der Waals surface area contributed by atoms with Crippen molar-refractivity contribution in [3.8, 4) is 6.07 Å². The molecule has 14 heavy (non-hydrogen) atoms. The Morgan fingerprint density at radius 2 is 1.79 bits per heavy atom. The van der Waals surface area contributed by atoms with Gasteiger partial charge in [0, 0.05) is 0 Å². The van der Waals surface area contributed by atoms with Gasteiger partial charge in [0.25, 0.3) is 0 Å². The lowest BCUT2D eigenvalue weighted by Crippen LogP contribution is -2.03. The fourth-order valence-corrected chi connectivity index (χ4v) is 1.57. The lowest BCUT2D eigenvalue weighted by molar-refractivity contribution is 0.587. The fourth-order valence-electron chi connectivity index (χ4n) is 1.57. The Bertz CT molecular complexity index is 316. The second kappa shape index (κ2) is 4.81. The SMILES string of the molecule is CCc1ccc(C(C#N)C(C)C)cc1. The van der Waals surface area contributed by atoms with Crippen LogP contribution in [0.3, 0.4) is 0 Å². The maximum atomic E-state index is 9.03. The molecule has 0 fully saturated rings. The number of rotatable bonds is 3. The van der Waals surface area contributed by atoms with E-state index in [2.05, 4.69) is 51.1 Å². The van der Waals surface area contributed by atoms with Crippen molar-refractivity contribution in [2.24, 2.45) is 5.92 Å². The lowest BCUT2D eigenvalue weighted by Gasteiger charge is -2.13. The molecular weight excluding hydrogens is 170 g/mol. The summed E-state index contributed by atoms with van der Waals surface area (Å²) >= 11 is 0. The number of nitriles is 1. The highest BCUT2D eigenvalue weighted by atomic mass is 14.3. The molecule has 0 heterocycles. The summed E-state index contributed by atoms with van der Waals surface area (Å²) in [6, 6.07) is 10.7.